The summed E-state index contributed by atoms with van der Waals surface area (Å²) < 4.78 is 21.5. The Hall–Kier alpha value is -0.870. The number of rotatable bonds is 4. The van der Waals surface area contributed by atoms with Gasteiger partial charge in [0.15, 0.2) is 20.3 Å². The van der Waals surface area contributed by atoms with Gasteiger partial charge in [-0.25, -0.2) is 8.42 Å². The third-order valence-electron chi connectivity index (χ3n) is 2.33. The van der Waals surface area contributed by atoms with Crippen molar-refractivity contribution in [1.82, 2.24) is 0 Å². The molecule has 1 atom stereocenters. The van der Waals surface area contributed by atoms with Crippen LogP contribution in [0.1, 0.15) is 22.8 Å². The second-order valence-corrected chi connectivity index (χ2v) is 6.52. The summed E-state index contributed by atoms with van der Waals surface area (Å²) in [5.41, 5.74) is 1.09. The minimum Gasteiger partial charge on any atom is -0.291 e. The first-order valence-electron chi connectivity index (χ1n) is 4.85. The monoisotopic (exact) mass is 260 g/mol. The van der Waals surface area contributed by atoms with Gasteiger partial charge in [-0.2, -0.15) is 0 Å². The van der Waals surface area contributed by atoms with Crippen LogP contribution in [0.15, 0.2) is 24.3 Å². The van der Waals surface area contributed by atoms with Gasteiger partial charge in [0, 0.05) is 11.3 Å². The van der Waals surface area contributed by atoms with E-state index in [9.17, 15) is 13.2 Å². The number of benzene rings is 1. The SMILES string of the molecule is CCS(=O)(=O)[C@@H](Cl)C(=O)c1ccccc1C. The molecule has 1 rings (SSSR count). The third kappa shape index (κ3) is 2.62. The van der Waals surface area contributed by atoms with Crippen LogP contribution in [0.25, 0.3) is 0 Å². The summed E-state index contributed by atoms with van der Waals surface area (Å²) in [5, 5.41) is 0. The van der Waals surface area contributed by atoms with Crippen molar-refractivity contribution in [3.05, 3.63) is 35.4 Å². The molecular formula is C11H13ClO3S. The zero-order chi connectivity index (χ0) is 12.3. The fourth-order valence-corrected chi connectivity index (χ4v) is 2.52. The minimum absolute atomic E-state index is 0.140. The van der Waals surface area contributed by atoms with Gasteiger partial charge in [0.1, 0.15) is 0 Å². The molecule has 0 spiro atoms. The molecule has 5 heteroatoms. The summed E-state index contributed by atoms with van der Waals surface area (Å²) in [6.45, 7) is 3.21. The molecule has 0 saturated carbocycles. The van der Waals surface area contributed by atoms with Crippen molar-refractivity contribution in [3.8, 4) is 0 Å². The van der Waals surface area contributed by atoms with E-state index in [1.165, 1.54) is 6.92 Å². The number of carbonyl (C=O) groups excluding carboxylic acids is 1. The average molecular weight is 261 g/mol. The van der Waals surface area contributed by atoms with Crippen LogP contribution in [-0.4, -0.2) is 24.7 Å². The summed E-state index contributed by atoms with van der Waals surface area (Å²) in [6.07, 6.45) is 0. The first-order valence-corrected chi connectivity index (χ1v) is 7.01. The van der Waals surface area contributed by atoms with E-state index in [0.29, 0.717) is 5.56 Å². The molecule has 1 aromatic rings. The van der Waals surface area contributed by atoms with Gasteiger partial charge >= 0.3 is 0 Å². The van der Waals surface area contributed by atoms with Gasteiger partial charge in [-0.05, 0) is 12.5 Å². The molecule has 0 fully saturated rings. The van der Waals surface area contributed by atoms with Gasteiger partial charge in [0.25, 0.3) is 0 Å². The third-order valence-corrected chi connectivity index (χ3v) is 5.00. The summed E-state index contributed by atoms with van der Waals surface area (Å²) in [5.74, 6) is -0.694. The van der Waals surface area contributed by atoms with Crippen LogP contribution in [0.4, 0.5) is 0 Å². The average Bonchev–Trinajstić information content (AvgIpc) is 2.27. The van der Waals surface area contributed by atoms with Gasteiger partial charge in [-0.15, -0.1) is 0 Å². The van der Waals surface area contributed by atoms with Crippen LogP contribution in [0.2, 0.25) is 0 Å². The quantitative estimate of drug-likeness (QED) is 0.616. The van der Waals surface area contributed by atoms with Crippen molar-refractivity contribution in [2.45, 2.75) is 18.6 Å². The Morgan fingerprint density at radius 1 is 1.38 bits per heavy atom. The first-order chi connectivity index (χ1) is 7.40. The maximum absolute atomic E-state index is 11.9. The number of sulfone groups is 1. The highest BCUT2D eigenvalue weighted by molar-refractivity contribution is 7.94. The van der Waals surface area contributed by atoms with Gasteiger partial charge in [-0.3, -0.25) is 4.79 Å². The van der Waals surface area contributed by atoms with E-state index in [1.54, 1.807) is 31.2 Å². The first kappa shape index (κ1) is 13.2. The Labute approximate surface area is 100 Å². The number of alkyl halides is 1. The van der Waals surface area contributed by atoms with Crippen molar-refractivity contribution in [3.63, 3.8) is 0 Å². The molecule has 0 aromatic heterocycles. The largest absolute Gasteiger partial charge is 0.291 e. The molecule has 0 aliphatic rings. The van der Waals surface area contributed by atoms with Gasteiger partial charge in [0.05, 0.1) is 0 Å². The van der Waals surface area contributed by atoms with Gasteiger partial charge in [-0.1, -0.05) is 42.8 Å². The number of aryl methyl sites for hydroxylation is 1. The highest BCUT2D eigenvalue weighted by Gasteiger charge is 2.30. The van der Waals surface area contributed by atoms with Crippen LogP contribution in [-0.2, 0) is 9.84 Å². The van der Waals surface area contributed by atoms with Crippen molar-refractivity contribution in [2.75, 3.05) is 5.75 Å². The summed E-state index contributed by atoms with van der Waals surface area (Å²) in [7, 11) is -3.55. The lowest BCUT2D eigenvalue weighted by Crippen LogP contribution is -2.27. The molecule has 0 N–H and O–H groups in total. The molecule has 3 nitrogen and oxygen atoms in total. The number of ketones is 1. The molecule has 0 radical (unpaired) electrons. The fraction of sp³-hybridized carbons (Fsp3) is 0.364. The summed E-state index contributed by atoms with van der Waals surface area (Å²) in [6, 6.07) is 6.79. The van der Waals surface area contributed by atoms with E-state index >= 15 is 0 Å². The molecule has 0 unspecified atom stereocenters. The van der Waals surface area contributed by atoms with E-state index < -0.39 is 20.3 Å². The van der Waals surface area contributed by atoms with Crippen LogP contribution in [0.3, 0.4) is 0 Å². The predicted molar refractivity (Wildman–Crippen MR) is 64.6 cm³/mol. The molecule has 0 aliphatic carbocycles. The molecule has 0 aliphatic heterocycles. The standard InChI is InChI=1S/C11H13ClO3S/c1-3-16(14,15)11(12)10(13)9-7-5-4-6-8(9)2/h4-7,11H,3H2,1-2H3/t11-/m1/s1. The van der Waals surface area contributed by atoms with E-state index in [2.05, 4.69) is 0 Å². The molecule has 0 amide bonds. The topological polar surface area (TPSA) is 51.2 Å². The number of hydrogen-bond donors (Lipinski definition) is 0. The number of carbonyl (C=O) groups is 1. The molecule has 88 valence electrons. The Balaban J connectivity index is 3.10. The second-order valence-electron chi connectivity index (χ2n) is 3.45. The van der Waals surface area contributed by atoms with E-state index in [-0.39, 0.29) is 5.75 Å². The van der Waals surface area contributed by atoms with Crippen LogP contribution < -0.4 is 0 Å². The normalized spacial score (nSPS) is 13.4. The minimum atomic E-state index is -3.55. The zero-order valence-electron chi connectivity index (χ0n) is 9.10. The molecular weight excluding hydrogens is 248 g/mol. The molecule has 0 saturated heterocycles. The highest BCUT2D eigenvalue weighted by Crippen LogP contribution is 2.17. The lowest BCUT2D eigenvalue weighted by molar-refractivity contribution is 0.101. The Morgan fingerprint density at radius 2 is 1.94 bits per heavy atom. The van der Waals surface area contributed by atoms with Crippen molar-refractivity contribution < 1.29 is 13.2 Å². The Bertz CT molecular complexity index is 494. The summed E-state index contributed by atoms with van der Waals surface area (Å²) >= 11 is 5.69. The van der Waals surface area contributed by atoms with Gasteiger partial charge < -0.3 is 0 Å². The lowest BCUT2D eigenvalue weighted by Gasteiger charge is -2.10. The predicted octanol–water partition coefficient (Wildman–Crippen LogP) is 2.18. The lowest BCUT2D eigenvalue weighted by atomic mass is 10.1. The molecule has 16 heavy (non-hydrogen) atoms. The van der Waals surface area contributed by atoms with Crippen molar-refractivity contribution in [1.29, 1.82) is 0 Å². The number of Topliss-reactive ketones (excluding diaryl/α,β-unsaturated/α-hetero) is 1. The Kier molecular flexibility index (Phi) is 4.10. The van der Waals surface area contributed by atoms with E-state index in [0.717, 1.165) is 5.56 Å². The van der Waals surface area contributed by atoms with Crippen molar-refractivity contribution >= 4 is 27.2 Å². The van der Waals surface area contributed by atoms with Crippen LogP contribution in [0, 0.1) is 6.92 Å². The number of hydrogen-bond acceptors (Lipinski definition) is 3. The molecule has 1 aromatic carbocycles. The molecule has 0 bridgehead atoms. The molecule has 0 heterocycles. The number of halogens is 1. The van der Waals surface area contributed by atoms with E-state index in [1.807, 2.05) is 0 Å². The highest BCUT2D eigenvalue weighted by atomic mass is 35.5. The second kappa shape index (κ2) is 4.97. The fourth-order valence-electron chi connectivity index (χ4n) is 1.28. The maximum Gasteiger partial charge on any atom is 0.197 e. The van der Waals surface area contributed by atoms with Crippen molar-refractivity contribution in [2.24, 2.45) is 0 Å². The summed E-state index contributed by atoms with van der Waals surface area (Å²) in [4.78, 5) is 11.9. The smallest absolute Gasteiger partial charge is 0.197 e. The maximum atomic E-state index is 11.9. The van der Waals surface area contributed by atoms with Crippen LogP contribution >= 0.6 is 11.6 Å². The van der Waals surface area contributed by atoms with E-state index in [4.69, 9.17) is 11.6 Å². The van der Waals surface area contributed by atoms with Gasteiger partial charge in [0.2, 0.25) is 0 Å². The zero-order valence-corrected chi connectivity index (χ0v) is 10.7. The van der Waals surface area contributed by atoms with Crippen LogP contribution in [0.5, 0.6) is 0 Å². The Morgan fingerprint density at radius 3 is 2.44 bits per heavy atom.